The van der Waals surface area contributed by atoms with Gasteiger partial charge in [0.05, 0.1) is 18.6 Å². The number of rotatable bonds is 9. The normalized spacial score (nSPS) is 11.1. The molecule has 0 atom stereocenters. The first kappa shape index (κ1) is 25.0. The number of nitrogens with one attached hydrogen (secondary N) is 1. The first-order valence-electron chi connectivity index (χ1n) is 10.7. The highest BCUT2D eigenvalue weighted by Crippen LogP contribution is 2.29. The number of amides is 1. The lowest BCUT2D eigenvalue weighted by Gasteiger charge is -2.11. The monoisotopic (exact) mass is 569 g/mol. The van der Waals surface area contributed by atoms with Gasteiger partial charge in [-0.3, -0.25) is 9.36 Å². The maximum absolute atomic E-state index is 12.4. The van der Waals surface area contributed by atoms with Crippen LogP contribution >= 0.6 is 39.3 Å². The molecule has 0 bridgehead atoms. The molecule has 0 spiro atoms. The summed E-state index contributed by atoms with van der Waals surface area (Å²) in [6.45, 7) is 2.53. The molecule has 4 aromatic rings. The molecule has 1 N–H and O–H groups in total. The van der Waals surface area contributed by atoms with Gasteiger partial charge in [-0.2, -0.15) is 5.10 Å². The number of hydrazone groups is 1. The fourth-order valence-corrected chi connectivity index (χ4v) is 4.46. The lowest BCUT2D eigenvalue weighted by Crippen LogP contribution is -2.20. The quantitative estimate of drug-likeness (QED) is 0.152. The van der Waals surface area contributed by atoms with Gasteiger partial charge >= 0.3 is 0 Å². The summed E-state index contributed by atoms with van der Waals surface area (Å²) in [5.41, 5.74) is 5.12. The summed E-state index contributed by atoms with van der Waals surface area (Å²) < 4.78 is 8.40. The molecule has 0 aliphatic carbocycles. The van der Waals surface area contributed by atoms with Gasteiger partial charge < -0.3 is 4.74 Å². The van der Waals surface area contributed by atoms with E-state index < -0.39 is 0 Å². The molecule has 7 nitrogen and oxygen atoms in total. The molecule has 10 heteroatoms. The number of halogens is 2. The highest BCUT2D eigenvalue weighted by molar-refractivity contribution is 9.10. The van der Waals surface area contributed by atoms with Gasteiger partial charge in [-0.1, -0.05) is 51.4 Å². The summed E-state index contributed by atoms with van der Waals surface area (Å²) in [5.74, 6) is 1.28. The predicted molar refractivity (Wildman–Crippen MR) is 144 cm³/mol. The zero-order valence-electron chi connectivity index (χ0n) is 18.7. The summed E-state index contributed by atoms with van der Waals surface area (Å²) in [6.07, 6.45) is 1.59. The lowest BCUT2D eigenvalue weighted by molar-refractivity contribution is -0.118. The Kier molecular flexibility index (Phi) is 8.57. The lowest BCUT2D eigenvalue weighted by atomic mass is 10.2. The second-order valence-corrected chi connectivity index (χ2v) is 9.51. The largest absolute Gasteiger partial charge is 0.494 e. The minimum Gasteiger partial charge on any atom is -0.494 e. The Bertz CT molecular complexity index is 1330. The van der Waals surface area contributed by atoms with Gasteiger partial charge in [-0.25, -0.2) is 5.43 Å². The van der Waals surface area contributed by atoms with E-state index in [9.17, 15) is 4.79 Å². The average molecular weight is 571 g/mol. The Hall–Kier alpha value is -3.14. The van der Waals surface area contributed by atoms with Crippen LogP contribution in [0, 0.1) is 0 Å². The molecular formula is C25H21BrClN5O2S. The first-order chi connectivity index (χ1) is 17.0. The molecule has 178 valence electrons. The zero-order valence-corrected chi connectivity index (χ0v) is 21.8. The standard InChI is InChI=1S/C25H21BrClN5O2S/c1-2-34-22-12-10-21(11-13-22)32-24(18-6-8-20(27)9-7-18)30-31-25(32)35-16-23(33)29-28-15-17-4-3-5-19(26)14-17/h3-15H,2,16H2,1H3,(H,29,33). The minimum absolute atomic E-state index is 0.117. The van der Waals surface area contributed by atoms with Crippen molar-refractivity contribution >= 4 is 51.4 Å². The molecule has 35 heavy (non-hydrogen) atoms. The maximum Gasteiger partial charge on any atom is 0.250 e. The van der Waals surface area contributed by atoms with Gasteiger partial charge in [-0.05, 0) is 73.2 Å². The van der Waals surface area contributed by atoms with E-state index in [0.717, 1.165) is 27.0 Å². The number of hydrogen-bond donors (Lipinski definition) is 1. The summed E-state index contributed by atoms with van der Waals surface area (Å²) in [7, 11) is 0. The van der Waals surface area contributed by atoms with Crippen LogP contribution in [0.5, 0.6) is 5.75 Å². The Morgan fingerprint density at radius 2 is 1.91 bits per heavy atom. The molecular weight excluding hydrogens is 550 g/mol. The second kappa shape index (κ2) is 12.0. The number of thioether (sulfide) groups is 1. The van der Waals surface area contributed by atoms with Gasteiger partial charge in [0.25, 0.3) is 5.91 Å². The van der Waals surface area contributed by atoms with E-state index in [4.69, 9.17) is 16.3 Å². The van der Waals surface area contributed by atoms with E-state index in [-0.39, 0.29) is 11.7 Å². The fourth-order valence-electron chi connectivity index (χ4n) is 3.17. The van der Waals surface area contributed by atoms with Gasteiger partial charge in [-0.15, -0.1) is 10.2 Å². The number of nitrogens with zero attached hydrogens (tertiary/aromatic N) is 4. The molecule has 0 fully saturated rings. The van der Waals surface area contributed by atoms with Crippen molar-refractivity contribution in [1.82, 2.24) is 20.2 Å². The number of carbonyl (C=O) groups is 1. The van der Waals surface area contributed by atoms with E-state index in [1.807, 2.05) is 72.2 Å². The van der Waals surface area contributed by atoms with E-state index in [1.54, 1.807) is 18.3 Å². The van der Waals surface area contributed by atoms with Crippen LogP contribution in [-0.2, 0) is 4.79 Å². The van der Waals surface area contributed by atoms with Crippen molar-refractivity contribution in [3.63, 3.8) is 0 Å². The number of carbonyl (C=O) groups excluding carboxylic acids is 1. The maximum atomic E-state index is 12.4. The van der Waals surface area contributed by atoms with E-state index >= 15 is 0 Å². The van der Waals surface area contributed by atoms with Gasteiger partial charge in [0.2, 0.25) is 0 Å². The summed E-state index contributed by atoms with van der Waals surface area (Å²) in [4.78, 5) is 12.4. The number of hydrogen-bond acceptors (Lipinski definition) is 6. The van der Waals surface area contributed by atoms with Crippen LogP contribution in [-0.4, -0.2) is 39.2 Å². The molecule has 0 saturated heterocycles. The molecule has 0 aliphatic rings. The van der Waals surface area contributed by atoms with E-state index in [2.05, 4.69) is 36.7 Å². The third-order valence-electron chi connectivity index (χ3n) is 4.73. The molecule has 4 rings (SSSR count). The molecule has 0 unspecified atom stereocenters. The van der Waals surface area contributed by atoms with Crippen molar-refractivity contribution in [2.75, 3.05) is 12.4 Å². The predicted octanol–water partition coefficient (Wildman–Crippen LogP) is 5.99. The number of benzene rings is 3. The zero-order chi connectivity index (χ0) is 24.6. The minimum atomic E-state index is -0.254. The van der Waals surface area contributed by atoms with Crippen molar-refractivity contribution in [1.29, 1.82) is 0 Å². The summed E-state index contributed by atoms with van der Waals surface area (Å²) >= 11 is 10.7. The average Bonchev–Trinajstić information content (AvgIpc) is 3.28. The van der Waals surface area contributed by atoms with Crippen LogP contribution in [0.25, 0.3) is 17.1 Å². The highest BCUT2D eigenvalue weighted by Gasteiger charge is 2.17. The fraction of sp³-hybridized carbons (Fsp3) is 0.120. The third-order valence-corrected chi connectivity index (χ3v) is 6.40. The molecule has 3 aromatic carbocycles. The molecule has 1 heterocycles. The van der Waals surface area contributed by atoms with Gasteiger partial charge in [0.15, 0.2) is 11.0 Å². The smallest absolute Gasteiger partial charge is 0.250 e. The number of aromatic nitrogens is 3. The molecule has 0 aliphatic heterocycles. The van der Waals surface area contributed by atoms with E-state index in [1.165, 1.54) is 11.8 Å². The molecule has 0 saturated carbocycles. The Balaban J connectivity index is 1.52. The molecule has 1 amide bonds. The SMILES string of the molecule is CCOc1ccc(-n2c(SCC(=O)NN=Cc3cccc(Br)c3)nnc2-c2ccc(Cl)cc2)cc1. The summed E-state index contributed by atoms with van der Waals surface area (Å²) in [5, 5.41) is 14.0. The van der Waals surface area contributed by atoms with Gasteiger partial charge in [0, 0.05) is 20.7 Å². The highest BCUT2D eigenvalue weighted by atomic mass is 79.9. The van der Waals surface area contributed by atoms with Crippen molar-refractivity contribution < 1.29 is 9.53 Å². The van der Waals surface area contributed by atoms with Crippen LogP contribution in [0.4, 0.5) is 0 Å². The second-order valence-electron chi connectivity index (χ2n) is 7.21. The van der Waals surface area contributed by atoms with E-state index in [0.29, 0.717) is 22.6 Å². The third kappa shape index (κ3) is 6.72. The van der Waals surface area contributed by atoms with Crippen molar-refractivity contribution in [2.24, 2.45) is 5.10 Å². The van der Waals surface area contributed by atoms with Crippen molar-refractivity contribution in [2.45, 2.75) is 12.1 Å². The van der Waals surface area contributed by atoms with Crippen LogP contribution in [0.1, 0.15) is 12.5 Å². The molecule has 1 aromatic heterocycles. The van der Waals surface area contributed by atoms with Crippen molar-refractivity contribution in [3.05, 3.63) is 87.9 Å². The Labute approximate surface area is 220 Å². The van der Waals surface area contributed by atoms with Gasteiger partial charge in [0.1, 0.15) is 5.75 Å². The van der Waals surface area contributed by atoms with Crippen LogP contribution in [0.15, 0.2) is 87.5 Å². The Morgan fingerprint density at radius 3 is 2.63 bits per heavy atom. The Morgan fingerprint density at radius 1 is 1.14 bits per heavy atom. The van der Waals surface area contributed by atoms with Crippen LogP contribution in [0.3, 0.4) is 0 Å². The van der Waals surface area contributed by atoms with Crippen LogP contribution < -0.4 is 10.2 Å². The first-order valence-corrected chi connectivity index (χ1v) is 12.8. The summed E-state index contributed by atoms with van der Waals surface area (Å²) in [6, 6.07) is 22.6. The molecule has 0 radical (unpaired) electrons. The number of ether oxygens (including phenoxy) is 1. The topological polar surface area (TPSA) is 81.4 Å². The van der Waals surface area contributed by atoms with Crippen LogP contribution in [0.2, 0.25) is 5.02 Å². The van der Waals surface area contributed by atoms with Crippen molar-refractivity contribution in [3.8, 4) is 22.8 Å².